The Morgan fingerprint density at radius 1 is 1.39 bits per heavy atom. The molecule has 0 saturated carbocycles. The van der Waals surface area contributed by atoms with Gasteiger partial charge in [0.05, 0.1) is 0 Å². The van der Waals surface area contributed by atoms with Crippen molar-refractivity contribution < 1.29 is 9.66 Å². The predicted molar refractivity (Wildman–Crippen MR) is 65.8 cm³/mol. The lowest BCUT2D eigenvalue weighted by molar-refractivity contribution is -0.390. The SMILES string of the molecule is CCc1ccc(Oc2c([N+](=O)[O-])ncn2C)cc1. The van der Waals surface area contributed by atoms with Crippen LogP contribution < -0.4 is 4.74 Å². The molecule has 94 valence electrons. The Bertz CT molecular complexity index is 560. The van der Waals surface area contributed by atoms with E-state index in [1.165, 1.54) is 16.5 Å². The number of hydrogen-bond acceptors (Lipinski definition) is 4. The van der Waals surface area contributed by atoms with Crippen molar-refractivity contribution >= 4 is 5.82 Å². The number of benzene rings is 1. The predicted octanol–water partition coefficient (Wildman–Crippen LogP) is 2.68. The van der Waals surface area contributed by atoms with Gasteiger partial charge in [0.2, 0.25) is 6.33 Å². The molecule has 0 amide bonds. The van der Waals surface area contributed by atoms with Crippen molar-refractivity contribution in [3.05, 3.63) is 46.3 Å². The molecule has 2 rings (SSSR count). The summed E-state index contributed by atoms with van der Waals surface area (Å²) in [6, 6.07) is 7.43. The Balaban J connectivity index is 2.27. The fourth-order valence-corrected chi connectivity index (χ4v) is 1.55. The van der Waals surface area contributed by atoms with Gasteiger partial charge in [-0.1, -0.05) is 19.1 Å². The first-order valence-corrected chi connectivity index (χ1v) is 5.54. The highest BCUT2D eigenvalue weighted by molar-refractivity contribution is 5.38. The van der Waals surface area contributed by atoms with Crippen molar-refractivity contribution in [2.75, 3.05) is 0 Å². The van der Waals surface area contributed by atoms with E-state index in [4.69, 9.17) is 4.74 Å². The lowest BCUT2D eigenvalue weighted by Gasteiger charge is -2.05. The number of nitrogens with zero attached hydrogens (tertiary/aromatic N) is 3. The fraction of sp³-hybridized carbons (Fsp3) is 0.250. The average molecular weight is 247 g/mol. The third-order valence-electron chi connectivity index (χ3n) is 2.58. The highest BCUT2D eigenvalue weighted by Gasteiger charge is 2.22. The molecule has 18 heavy (non-hydrogen) atoms. The fourth-order valence-electron chi connectivity index (χ4n) is 1.55. The van der Waals surface area contributed by atoms with E-state index in [1.807, 2.05) is 12.1 Å². The number of hydrogen-bond donors (Lipinski definition) is 0. The largest absolute Gasteiger partial charge is 0.434 e. The van der Waals surface area contributed by atoms with E-state index in [9.17, 15) is 10.1 Å². The molecule has 0 aliphatic heterocycles. The maximum absolute atomic E-state index is 10.8. The molecule has 2 aromatic rings. The standard InChI is InChI=1S/C12H13N3O3/c1-3-9-4-6-10(7-5-9)18-12-11(15(16)17)13-8-14(12)2/h4-8H,3H2,1-2H3. The maximum Gasteiger partial charge on any atom is 0.427 e. The van der Waals surface area contributed by atoms with Crippen LogP contribution in [0.15, 0.2) is 30.6 Å². The Labute approximate surface area is 104 Å². The van der Waals surface area contributed by atoms with E-state index in [-0.39, 0.29) is 11.7 Å². The summed E-state index contributed by atoms with van der Waals surface area (Å²) in [6.45, 7) is 2.06. The Morgan fingerprint density at radius 2 is 2.06 bits per heavy atom. The van der Waals surface area contributed by atoms with Gasteiger partial charge < -0.3 is 14.9 Å². The Morgan fingerprint density at radius 3 is 2.61 bits per heavy atom. The van der Waals surface area contributed by atoms with Crippen LogP contribution in [0.2, 0.25) is 0 Å². The smallest absolute Gasteiger partial charge is 0.427 e. The molecular formula is C12H13N3O3. The van der Waals surface area contributed by atoms with Gasteiger partial charge in [-0.25, -0.2) is 0 Å². The zero-order valence-corrected chi connectivity index (χ0v) is 10.2. The van der Waals surface area contributed by atoms with Crippen LogP contribution in [0.4, 0.5) is 5.82 Å². The minimum absolute atomic E-state index is 0.129. The van der Waals surface area contributed by atoms with Crippen molar-refractivity contribution in [3.8, 4) is 11.6 Å². The van der Waals surface area contributed by atoms with Gasteiger partial charge in [-0.15, -0.1) is 0 Å². The molecule has 0 aliphatic rings. The van der Waals surface area contributed by atoms with Crippen molar-refractivity contribution in [3.63, 3.8) is 0 Å². The van der Waals surface area contributed by atoms with Crippen LogP contribution in [0.1, 0.15) is 12.5 Å². The number of rotatable bonds is 4. The molecule has 0 atom stereocenters. The van der Waals surface area contributed by atoms with Crippen LogP contribution in [0, 0.1) is 10.1 Å². The van der Waals surface area contributed by atoms with Gasteiger partial charge in [0.1, 0.15) is 5.75 Å². The normalized spacial score (nSPS) is 10.3. The molecule has 0 radical (unpaired) electrons. The molecule has 1 aromatic carbocycles. The van der Waals surface area contributed by atoms with E-state index >= 15 is 0 Å². The number of ether oxygens (including phenoxy) is 1. The molecule has 1 aromatic heterocycles. The molecule has 0 aliphatic carbocycles. The summed E-state index contributed by atoms with van der Waals surface area (Å²) in [6.07, 6.45) is 2.29. The molecule has 0 spiro atoms. The van der Waals surface area contributed by atoms with Gasteiger partial charge in [-0.2, -0.15) is 0 Å². The van der Waals surface area contributed by atoms with Crippen LogP contribution in [0.3, 0.4) is 0 Å². The van der Waals surface area contributed by atoms with Crippen LogP contribution in [-0.2, 0) is 13.5 Å². The molecule has 0 N–H and O–H groups in total. The van der Waals surface area contributed by atoms with Crippen LogP contribution in [0.25, 0.3) is 0 Å². The van der Waals surface area contributed by atoms with Gasteiger partial charge in [-0.05, 0) is 34.0 Å². The van der Waals surface area contributed by atoms with Gasteiger partial charge in [-0.3, -0.25) is 4.57 Å². The Hall–Kier alpha value is -2.37. The van der Waals surface area contributed by atoms with E-state index in [0.29, 0.717) is 5.75 Å². The second kappa shape index (κ2) is 4.87. The lowest BCUT2D eigenvalue weighted by Crippen LogP contribution is -1.96. The first-order valence-electron chi connectivity index (χ1n) is 5.54. The van der Waals surface area contributed by atoms with E-state index in [1.54, 1.807) is 19.2 Å². The van der Waals surface area contributed by atoms with Crippen LogP contribution in [-0.4, -0.2) is 14.5 Å². The molecule has 6 heteroatoms. The summed E-state index contributed by atoms with van der Waals surface area (Å²) < 4.78 is 6.98. The summed E-state index contributed by atoms with van der Waals surface area (Å²) in [5.41, 5.74) is 1.18. The zero-order chi connectivity index (χ0) is 13.1. The van der Waals surface area contributed by atoms with Gasteiger partial charge in [0.15, 0.2) is 0 Å². The first-order chi connectivity index (χ1) is 8.61. The van der Waals surface area contributed by atoms with Gasteiger partial charge >= 0.3 is 11.7 Å². The molecule has 1 heterocycles. The third-order valence-corrected chi connectivity index (χ3v) is 2.58. The molecule has 0 bridgehead atoms. The van der Waals surface area contributed by atoms with Crippen LogP contribution in [0.5, 0.6) is 11.6 Å². The zero-order valence-electron chi connectivity index (χ0n) is 10.2. The summed E-state index contributed by atoms with van der Waals surface area (Å²) >= 11 is 0. The van der Waals surface area contributed by atoms with Crippen molar-refractivity contribution in [1.29, 1.82) is 0 Å². The minimum Gasteiger partial charge on any atom is -0.434 e. The van der Waals surface area contributed by atoms with Crippen molar-refractivity contribution in [1.82, 2.24) is 9.55 Å². The monoisotopic (exact) mass is 247 g/mol. The number of aromatic nitrogens is 2. The van der Waals surface area contributed by atoms with E-state index < -0.39 is 4.92 Å². The summed E-state index contributed by atoms with van der Waals surface area (Å²) in [5, 5.41) is 10.8. The van der Waals surface area contributed by atoms with Crippen molar-refractivity contribution in [2.45, 2.75) is 13.3 Å². The van der Waals surface area contributed by atoms with Gasteiger partial charge in [0.25, 0.3) is 0 Å². The quantitative estimate of drug-likeness (QED) is 0.615. The highest BCUT2D eigenvalue weighted by Crippen LogP contribution is 2.29. The second-order valence-corrected chi connectivity index (χ2v) is 3.84. The molecule has 0 saturated heterocycles. The first kappa shape index (κ1) is 12.1. The third kappa shape index (κ3) is 2.32. The highest BCUT2D eigenvalue weighted by atomic mass is 16.6. The molecule has 0 unspecified atom stereocenters. The maximum atomic E-state index is 10.8. The molecule has 6 nitrogen and oxygen atoms in total. The minimum atomic E-state index is -0.560. The second-order valence-electron chi connectivity index (χ2n) is 3.84. The molecular weight excluding hydrogens is 234 g/mol. The average Bonchev–Trinajstić information content (AvgIpc) is 2.72. The summed E-state index contributed by atoms with van der Waals surface area (Å²) in [5.74, 6) is 0.403. The lowest BCUT2D eigenvalue weighted by atomic mass is 10.2. The number of imidazole rings is 1. The number of nitro groups is 1. The van der Waals surface area contributed by atoms with Gasteiger partial charge in [0, 0.05) is 7.05 Å². The van der Waals surface area contributed by atoms with Crippen molar-refractivity contribution in [2.24, 2.45) is 7.05 Å². The van der Waals surface area contributed by atoms with E-state index in [0.717, 1.165) is 6.42 Å². The Kier molecular flexibility index (Phi) is 3.27. The van der Waals surface area contributed by atoms with Crippen LogP contribution >= 0.6 is 0 Å². The number of aryl methyl sites for hydroxylation is 2. The summed E-state index contributed by atoms with van der Waals surface area (Å²) in [7, 11) is 1.65. The topological polar surface area (TPSA) is 70.2 Å². The summed E-state index contributed by atoms with van der Waals surface area (Å²) in [4.78, 5) is 13.9. The molecule has 0 fully saturated rings. The van der Waals surface area contributed by atoms with E-state index in [2.05, 4.69) is 11.9 Å².